The van der Waals surface area contributed by atoms with Crippen LogP contribution in [-0.2, 0) is 32.0 Å². The molecule has 0 aromatic heterocycles. The second-order valence-corrected chi connectivity index (χ2v) is 36.0. The maximum Gasteiger partial charge on any atom is 0.375 e. The fraction of sp³-hybridized carbons (Fsp3) is 0.853. The molecule has 0 N–H and O–H groups in total. The van der Waals surface area contributed by atoms with Crippen molar-refractivity contribution >= 4 is 39.2 Å². The smallest absolute Gasteiger partial charge is 0.375 e. The molecule has 7 nitrogen and oxygen atoms in total. The van der Waals surface area contributed by atoms with Crippen molar-refractivity contribution in [3.05, 3.63) is 23.2 Å². The monoisotopic (exact) mass is 704 g/mol. The fourth-order valence-electron chi connectivity index (χ4n) is 4.11. The van der Waals surface area contributed by atoms with Crippen molar-refractivity contribution in [2.45, 2.75) is 162 Å². The Kier molecular flexibility index (Phi) is 16.8. The molecule has 0 radical (unpaired) electrons. The van der Waals surface area contributed by atoms with Gasteiger partial charge in [-0.15, -0.1) is 0 Å². The Morgan fingerprint density at radius 1 is 0.756 bits per heavy atom. The second-order valence-electron chi connectivity index (χ2n) is 17.6. The van der Waals surface area contributed by atoms with Crippen LogP contribution in [0.15, 0.2) is 23.2 Å². The molecule has 0 amide bonds. The third-order valence-electron chi connectivity index (χ3n) is 8.98. The Bertz CT molecular complexity index is 994. The fourth-order valence-corrected chi connectivity index (χ4v) is 8.20. The number of esters is 1. The maximum atomic E-state index is 13.0. The molecule has 45 heavy (non-hydrogen) atoms. The summed E-state index contributed by atoms with van der Waals surface area (Å²) in [6.45, 7) is 40.2. The molecule has 0 aromatic carbocycles. The molecule has 0 aliphatic carbocycles. The molecular formula is C34H72O7Si4. The summed E-state index contributed by atoms with van der Waals surface area (Å²) in [6, 6.07) is 0. The first-order valence-electron chi connectivity index (χ1n) is 16.7. The molecular weight excluding hydrogens is 633 g/mol. The number of ether oxygens (including phenoxy) is 2. The minimum atomic E-state index is -2.13. The highest BCUT2D eigenvalue weighted by atomic mass is 28.4. The Balaban J connectivity index is 6.41. The van der Waals surface area contributed by atoms with Gasteiger partial charge in [0.25, 0.3) is 0 Å². The molecule has 0 saturated heterocycles. The summed E-state index contributed by atoms with van der Waals surface area (Å²) in [5.41, 5.74) is 1.16. The lowest BCUT2D eigenvalue weighted by Crippen LogP contribution is -2.45. The Hall–Kier alpha value is -0.702. The van der Waals surface area contributed by atoms with E-state index in [1.807, 2.05) is 0 Å². The Labute approximate surface area is 282 Å². The first kappa shape index (κ1) is 44.3. The third-order valence-corrected chi connectivity index (χ3v) is 19.7. The predicted octanol–water partition coefficient (Wildman–Crippen LogP) is 10.3. The molecule has 0 rings (SSSR count). The van der Waals surface area contributed by atoms with E-state index in [0.29, 0.717) is 12.4 Å². The molecule has 3 atom stereocenters. The maximum absolute atomic E-state index is 13.0. The number of hydrogen-bond acceptors (Lipinski definition) is 7. The molecule has 0 bridgehead atoms. The van der Waals surface area contributed by atoms with Gasteiger partial charge in [0.15, 0.2) is 16.6 Å². The normalized spacial score (nSPS) is 16.9. The lowest BCUT2D eigenvalue weighted by atomic mass is 9.96. The minimum Gasteiger partial charge on any atom is -0.544 e. The third kappa shape index (κ3) is 15.8. The quantitative estimate of drug-likeness (QED) is 0.0462. The van der Waals surface area contributed by atoms with E-state index >= 15 is 0 Å². The van der Waals surface area contributed by atoms with Crippen molar-refractivity contribution in [3.8, 4) is 0 Å². The standard InChI is InChI=1S/C34H72O7Si4/c1-26(23-24-38-44(17,18)33(3,4)5)29(36-9)25-28(39-45(19,20)34(6,7)8)22-21-27(2)30(40-42(11,12)13)31(32(35)37-10)41-43(14,15)16/h23,27-29H,21-22,24-25H2,1-20H3/b26-23+,31-30-/t27-,28+,29+/m1/s1. The number of carbonyl (C=O) groups excluding carboxylic acids is 1. The van der Waals surface area contributed by atoms with Gasteiger partial charge in [0.2, 0.25) is 22.4 Å². The van der Waals surface area contributed by atoms with Crippen molar-refractivity contribution in [3.63, 3.8) is 0 Å². The highest BCUT2D eigenvalue weighted by Gasteiger charge is 2.40. The highest BCUT2D eigenvalue weighted by Crippen LogP contribution is 2.40. The Morgan fingerprint density at radius 3 is 1.64 bits per heavy atom. The molecule has 0 unspecified atom stereocenters. The molecule has 0 saturated carbocycles. The molecule has 0 fully saturated rings. The molecule has 11 heteroatoms. The van der Waals surface area contributed by atoms with Gasteiger partial charge in [-0.25, -0.2) is 4.79 Å². The summed E-state index contributed by atoms with van der Waals surface area (Å²) in [5, 5.41) is 0.227. The van der Waals surface area contributed by atoms with Crippen LogP contribution in [0.1, 0.15) is 74.7 Å². The van der Waals surface area contributed by atoms with E-state index in [1.54, 1.807) is 7.11 Å². The summed E-state index contributed by atoms with van der Waals surface area (Å²) in [5.74, 6) is 0.287. The number of allylic oxidation sites excluding steroid dienone is 1. The minimum absolute atomic E-state index is 0.0319. The van der Waals surface area contributed by atoms with Crippen LogP contribution in [0.3, 0.4) is 0 Å². The van der Waals surface area contributed by atoms with Gasteiger partial charge in [0.1, 0.15) is 5.76 Å². The number of rotatable bonds is 18. The molecule has 0 spiro atoms. The predicted molar refractivity (Wildman–Crippen MR) is 201 cm³/mol. The second kappa shape index (κ2) is 17.1. The van der Waals surface area contributed by atoms with Crippen molar-refractivity contribution in [1.29, 1.82) is 0 Å². The van der Waals surface area contributed by atoms with Crippen LogP contribution >= 0.6 is 0 Å². The highest BCUT2D eigenvalue weighted by molar-refractivity contribution is 6.74. The van der Waals surface area contributed by atoms with Crippen LogP contribution in [0.2, 0.25) is 75.5 Å². The van der Waals surface area contributed by atoms with Gasteiger partial charge in [-0.1, -0.05) is 54.5 Å². The van der Waals surface area contributed by atoms with Gasteiger partial charge in [0, 0.05) is 25.6 Å². The van der Waals surface area contributed by atoms with E-state index in [2.05, 4.69) is 127 Å². The molecule has 0 aromatic rings. The van der Waals surface area contributed by atoms with E-state index in [9.17, 15) is 4.79 Å². The zero-order valence-electron chi connectivity index (χ0n) is 33.0. The molecule has 0 aliphatic rings. The van der Waals surface area contributed by atoms with E-state index < -0.39 is 39.2 Å². The van der Waals surface area contributed by atoms with Gasteiger partial charge < -0.3 is 27.2 Å². The lowest BCUT2D eigenvalue weighted by molar-refractivity contribution is -0.139. The van der Waals surface area contributed by atoms with Gasteiger partial charge in [0.05, 0.1) is 19.8 Å². The van der Waals surface area contributed by atoms with Crippen molar-refractivity contribution in [1.82, 2.24) is 0 Å². The summed E-state index contributed by atoms with van der Waals surface area (Å²) in [7, 11) is -4.97. The molecule has 0 aliphatic heterocycles. The first-order valence-corrected chi connectivity index (χ1v) is 29.3. The lowest BCUT2D eigenvalue weighted by Gasteiger charge is -2.40. The topological polar surface area (TPSA) is 72.5 Å². The average Bonchev–Trinajstić information content (AvgIpc) is 2.84. The Morgan fingerprint density at radius 2 is 1.24 bits per heavy atom. The van der Waals surface area contributed by atoms with Crippen molar-refractivity contribution < 1.29 is 32.0 Å². The van der Waals surface area contributed by atoms with E-state index in [-0.39, 0.29) is 34.0 Å². The first-order chi connectivity index (χ1) is 20.0. The molecule has 0 heterocycles. The summed E-state index contributed by atoms with van der Waals surface area (Å²) < 4.78 is 37.7. The van der Waals surface area contributed by atoms with Crippen LogP contribution in [0.25, 0.3) is 0 Å². The van der Waals surface area contributed by atoms with Crippen LogP contribution < -0.4 is 0 Å². The van der Waals surface area contributed by atoms with Gasteiger partial charge >= 0.3 is 5.97 Å². The van der Waals surface area contributed by atoms with Crippen molar-refractivity contribution in [2.24, 2.45) is 5.92 Å². The number of hydrogen-bond donors (Lipinski definition) is 0. The van der Waals surface area contributed by atoms with Gasteiger partial charge in [-0.05, 0) is 101 Å². The zero-order chi connectivity index (χ0) is 35.8. The molecule has 266 valence electrons. The largest absolute Gasteiger partial charge is 0.544 e. The average molecular weight is 705 g/mol. The van der Waals surface area contributed by atoms with E-state index in [1.165, 1.54) is 7.11 Å². The van der Waals surface area contributed by atoms with Crippen LogP contribution in [0, 0.1) is 5.92 Å². The SMILES string of the molecule is COC(=O)/C(O[Si](C)(C)C)=C(/O[Si](C)(C)C)[C@H](C)CC[C@@H](C[C@H](OC)/C(C)=C/CO[Si](C)(C)C(C)(C)C)O[Si](C)(C)C(C)(C)C. The van der Waals surface area contributed by atoms with Crippen molar-refractivity contribution in [2.75, 3.05) is 20.8 Å². The van der Waals surface area contributed by atoms with Crippen LogP contribution in [-0.4, -0.2) is 72.3 Å². The van der Waals surface area contributed by atoms with Gasteiger partial charge in [-0.3, -0.25) is 0 Å². The number of carbonyl (C=O) groups is 1. The van der Waals surface area contributed by atoms with Gasteiger partial charge in [-0.2, -0.15) is 0 Å². The van der Waals surface area contributed by atoms with E-state index in [0.717, 1.165) is 24.8 Å². The van der Waals surface area contributed by atoms with Crippen LogP contribution in [0.4, 0.5) is 0 Å². The summed E-state index contributed by atoms with van der Waals surface area (Å²) in [6.07, 6.45) is 4.35. The zero-order valence-corrected chi connectivity index (χ0v) is 37.0. The number of methoxy groups -OCH3 is 2. The van der Waals surface area contributed by atoms with Crippen LogP contribution in [0.5, 0.6) is 0 Å². The summed E-state index contributed by atoms with van der Waals surface area (Å²) in [4.78, 5) is 13.0. The van der Waals surface area contributed by atoms with E-state index in [4.69, 9.17) is 27.2 Å². The summed E-state index contributed by atoms with van der Waals surface area (Å²) >= 11 is 0.